The first-order chi connectivity index (χ1) is 10.1. The molecule has 4 nitrogen and oxygen atoms in total. The first-order valence-corrected chi connectivity index (χ1v) is 9.49. The summed E-state index contributed by atoms with van der Waals surface area (Å²) in [6.07, 6.45) is 3.75. The largest absolute Gasteiger partial charge is 0.496 e. The third-order valence-corrected chi connectivity index (χ3v) is 6.46. The van der Waals surface area contributed by atoms with E-state index in [1.54, 1.807) is 7.11 Å². The predicted molar refractivity (Wildman–Crippen MR) is 83.6 cm³/mol. The van der Waals surface area contributed by atoms with Gasteiger partial charge in [-0.2, -0.15) is 0 Å². The highest BCUT2D eigenvalue weighted by Gasteiger charge is 2.34. The number of ether oxygens (including phenoxy) is 1. The van der Waals surface area contributed by atoms with Crippen LogP contribution in [0.3, 0.4) is 0 Å². The Morgan fingerprint density at radius 2 is 1.76 bits per heavy atom. The SMILES string of the molecule is COc1ccccc1C1CC(NC2CCS(=O)(=O)CC2)C1. The van der Waals surface area contributed by atoms with E-state index in [9.17, 15) is 8.42 Å². The number of rotatable bonds is 4. The molecule has 1 heterocycles. The number of methoxy groups -OCH3 is 1. The van der Waals surface area contributed by atoms with Gasteiger partial charge in [-0.05, 0) is 43.2 Å². The van der Waals surface area contributed by atoms with Crippen LogP contribution < -0.4 is 10.1 Å². The highest BCUT2D eigenvalue weighted by atomic mass is 32.2. The molecular weight excluding hydrogens is 286 g/mol. The average Bonchev–Trinajstić information content (AvgIpc) is 2.44. The Morgan fingerprint density at radius 1 is 1.10 bits per heavy atom. The van der Waals surface area contributed by atoms with Crippen molar-refractivity contribution in [2.75, 3.05) is 18.6 Å². The lowest BCUT2D eigenvalue weighted by molar-refractivity contribution is 0.252. The topological polar surface area (TPSA) is 55.4 Å². The molecule has 0 radical (unpaired) electrons. The molecule has 0 unspecified atom stereocenters. The smallest absolute Gasteiger partial charge is 0.150 e. The summed E-state index contributed by atoms with van der Waals surface area (Å²) in [5.41, 5.74) is 1.30. The number of nitrogens with one attached hydrogen (secondary N) is 1. The monoisotopic (exact) mass is 309 g/mol. The first kappa shape index (κ1) is 14.9. The van der Waals surface area contributed by atoms with Crippen LogP contribution in [0.1, 0.15) is 37.2 Å². The molecule has 1 aliphatic heterocycles. The van der Waals surface area contributed by atoms with E-state index in [-0.39, 0.29) is 0 Å². The molecule has 1 saturated heterocycles. The van der Waals surface area contributed by atoms with Crippen molar-refractivity contribution in [1.82, 2.24) is 5.32 Å². The maximum absolute atomic E-state index is 11.4. The van der Waals surface area contributed by atoms with E-state index in [4.69, 9.17) is 4.74 Å². The van der Waals surface area contributed by atoms with E-state index in [1.807, 2.05) is 12.1 Å². The number of hydrogen-bond donors (Lipinski definition) is 1. The zero-order valence-electron chi connectivity index (χ0n) is 12.4. The lowest BCUT2D eigenvalue weighted by Gasteiger charge is -2.40. The number of hydrogen-bond acceptors (Lipinski definition) is 4. The minimum atomic E-state index is -2.76. The van der Waals surface area contributed by atoms with Crippen LogP contribution >= 0.6 is 0 Å². The van der Waals surface area contributed by atoms with Gasteiger partial charge in [0.25, 0.3) is 0 Å². The second kappa shape index (κ2) is 5.97. The normalized spacial score (nSPS) is 28.8. The van der Waals surface area contributed by atoms with Crippen LogP contribution in [-0.2, 0) is 9.84 Å². The molecule has 0 aromatic heterocycles. The predicted octanol–water partition coefficient (Wildman–Crippen LogP) is 2.11. The summed E-state index contributed by atoms with van der Waals surface area (Å²) in [5.74, 6) is 2.22. The summed E-state index contributed by atoms with van der Waals surface area (Å²) < 4.78 is 28.3. The molecule has 0 spiro atoms. The lowest BCUT2D eigenvalue weighted by atomic mass is 9.75. The van der Waals surface area contributed by atoms with Crippen LogP contribution in [-0.4, -0.2) is 39.1 Å². The van der Waals surface area contributed by atoms with Crippen molar-refractivity contribution in [3.8, 4) is 5.75 Å². The maximum atomic E-state index is 11.4. The summed E-state index contributed by atoms with van der Waals surface area (Å²) in [6, 6.07) is 9.11. The molecule has 21 heavy (non-hydrogen) atoms. The lowest BCUT2D eigenvalue weighted by Crippen LogP contribution is -2.48. The number of benzene rings is 1. The zero-order valence-corrected chi connectivity index (χ0v) is 13.2. The summed E-state index contributed by atoms with van der Waals surface area (Å²) in [7, 11) is -1.04. The fourth-order valence-corrected chi connectivity index (χ4v) is 4.89. The van der Waals surface area contributed by atoms with Gasteiger partial charge in [0.05, 0.1) is 18.6 Å². The zero-order chi connectivity index (χ0) is 14.9. The van der Waals surface area contributed by atoms with Gasteiger partial charge in [-0.3, -0.25) is 0 Å². The van der Waals surface area contributed by atoms with Crippen LogP contribution in [0.15, 0.2) is 24.3 Å². The Balaban J connectivity index is 1.50. The van der Waals surface area contributed by atoms with E-state index in [0.717, 1.165) is 31.4 Å². The third-order valence-electron chi connectivity index (χ3n) is 4.74. The standard InChI is InChI=1S/C16H23NO3S/c1-20-16-5-3-2-4-15(16)12-10-14(11-12)17-13-6-8-21(18,19)9-7-13/h2-5,12-14,17H,6-11H2,1H3. The second-order valence-corrected chi connectivity index (χ2v) is 8.50. The van der Waals surface area contributed by atoms with Gasteiger partial charge in [0, 0.05) is 12.1 Å². The fraction of sp³-hybridized carbons (Fsp3) is 0.625. The molecule has 0 atom stereocenters. The summed E-state index contributed by atoms with van der Waals surface area (Å²) >= 11 is 0. The maximum Gasteiger partial charge on any atom is 0.150 e. The van der Waals surface area contributed by atoms with Crippen molar-refractivity contribution in [3.05, 3.63) is 29.8 Å². The van der Waals surface area contributed by atoms with E-state index in [0.29, 0.717) is 29.5 Å². The van der Waals surface area contributed by atoms with Crippen molar-refractivity contribution in [1.29, 1.82) is 0 Å². The third kappa shape index (κ3) is 3.40. The highest BCUT2D eigenvalue weighted by molar-refractivity contribution is 7.91. The van der Waals surface area contributed by atoms with Crippen molar-refractivity contribution in [2.45, 2.75) is 43.7 Å². The van der Waals surface area contributed by atoms with Crippen LogP contribution in [0, 0.1) is 0 Å². The van der Waals surface area contributed by atoms with Gasteiger partial charge in [-0.15, -0.1) is 0 Å². The van der Waals surface area contributed by atoms with Gasteiger partial charge in [-0.25, -0.2) is 8.42 Å². The molecule has 1 N–H and O–H groups in total. The Kier molecular flexibility index (Phi) is 4.22. The minimum Gasteiger partial charge on any atom is -0.496 e. The summed E-state index contributed by atoms with van der Waals surface area (Å²) in [6.45, 7) is 0. The molecule has 2 aliphatic rings. The highest BCUT2D eigenvalue weighted by Crippen LogP contribution is 2.41. The Bertz CT molecular complexity index is 579. The molecule has 0 amide bonds. The molecule has 0 bridgehead atoms. The van der Waals surface area contributed by atoms with Crippen LogP contribution in [0.5, 0.6) is 5.75 Å². The molecule has 1 aliphatic carbocycles. The van der Waals surface area contributed by atoms with E-state index in [1.165, 1.54) is 5.56 Å². The van der Waals surface area contributed by atoms with Gasteiger partial charge >= 0.3 is 0 Å². The minimum absolute atomic E-state index is 0.341. The van der Waals surface area contributed by atoms with Gasteiger partial charge in [0.1, 0.15) is 15.6 Å². The van der Waals surface area contributed by atoms with E-state index >= 15 is 0 Å². The van der Waals surface area contributed by atoms with Crippen molar-refractivity contribution in [2.24, 2.45) is 0 Å². The molecular formula is C16H23NO3S. The average molecular weight is 309 g/mol. The molecule has 2 fully saturated rings. The van der Waals surface area contributed by atoms with Crippen LogP contribution in [0.2, 0.25) is 0 Å². The molecule has 1 aromatic rings. The first-order valence-electron chi connectivity index (χ1n) is 7.67. The van der Waals surface area contributed by atoms with Gasteiger partial charge in [-0.1, -0.05) is 18.2 Å². The van der Waals surface area contributed by atoms with Gasteiger partial charge in [0.15, 0.2) is 0 Å². The Hall–Kier alpha value is -1.07. The molecule has 3 rings (SSSR count). The van der Waals surface area contributed by atoms with Crippen molar-refractivity contribution >= 4 is 9.84 Å². The van der Waals surface area contributed by atoms with Gasteiger partial charge in [0.2, 0.25) is 0 Å². The van der Waals surface area contributed by atoms with Crippen molar-refractivity contribution < 1.29 is 13.2 Å². The van der Waals surface area contributed by atoms with Crippen LogP contribution in [0.25, 0.3) is 0 Å². The Labute approximate surface area is 126 Å². The molecule has 116 valence electrons. The molecule has 1 aromatic carbocycles. The quantitative estimate of drug-likeness (QED) is 0.925. The van der Waals surface area contributed by atoms with Crippen molar-refractivity contribution in [3.63, 3.8) is 0 Å². The molecule has 5 heteroatoms. The van der Waals surface area contributed by atoms with Gasteiger partial charge < -0.3 is 10.1 Å². The number of para-hydroxylation sites is 1. The molecule has 1 saturated carbocycles. The van der Waals surface area contributed by atoms with E-state index in [2.05, 4.69) is 17.4 Å². The van der Waals surface area contributed by atoms with E-state index < -0.39 is 9.84 Å². The summed E-state index contributed by atoms with van der Waals surface area (Å²) in [4.78, 5) is 0. The number of sulfone groups is 1. The Morgan fingerprint density at radius 3 is 2.43 bits per heavy atom. The second-order valence-electron chi connectivity index (χ2n) is 6.20. The van der Waals surface area contributed by atoms with Crippen LogP contribution in [0.4, 0.5) is 0 Å². The summed E-state index contributed by atoms with van der Waals surface area (Å²) in [5, 5.41) is 3.63. The fourth-order valence-electron chi connectivity index (χ4n) is 3.40.